The minimum atomic E-state index is -1.21. The number of anilines is 1. The molecule has 4 rings (SSSR count). The second-order valence-corrected chi connectivity index (χ2v) is 9.36. The van der Waals surface area contributed by atoms with Gasteiger partial charge < -0.3 is 34.0 Å². The van der Waals surface area contributed by atoms with Crippen molar-refractivity contribution in [1.82, 2.24) is 10.6 Å². The Morgan fingerprint density at radius 2 is 1.74 bits per heavy atom. The molecule has 1 saturated heterocycles. The number of carbonyl (C=O) groups excluding carboxylic acids is 4. The molecule has 12 heteroatoms. The second kappa shape index (κ2) is 14.2. The monoisotopic (exact) mass is 579 g/mol. The number of carbonyl (C=O) groups is 4. The van der Waals surface area contributed by atoms with Crippen LogP contribution in [-0.2, 0) is 19.1 Å². The highest BCUT2D eigenvalue weighted by atomic mass is 16.5. The standard InChI is InChI=1S/C30H33N3O9/c1-38-23-13-10-20(16-25(23)39-2)27(29(36)31-17-22-6-4-14-41-22)33(21-11-8-19(9-12-21)30(37)40-3)26(34)18-32-28(35)24-7-5-15-42-24/h5,7-13,15-16,22,27H,4,6,14,17-18H2,1-3H3,(H,31,36)(H,32,35)/t22-,27+/m0/s1. The van der Waals surface area contributed by atoms with Crippen LogP contribution in [0, 0.1) is 0 Å². The quantitative estimate of drug-likeness (QED) is 0.309. The number of furan rings is 1. The Morgan fingerprint density at radius 1 is 0.976 bits per heavy atom. The molecule has 1 aliphatic heterocycles. The fourth-order valence-corrected chi connectivity index (χ4v) is 4.61. The van der Waals surface area contributed by atoms with Gasteiger partial charge in [-0.15, -0.1) is 0 Å². The molecule has 1 aliphatic rings. The van der Waals surface area contributed by atoms with Gasteiger partial charge in [-0.05, 0) is 66.9 Å². The normalized spacial score (nSPS) is 14.9. The van der Waals surface area contributed by atoms with Crippen LogP contribution in [0.4, 0.5) is 5.69 Å². The minimum absolute atomic E-state index is 0.0301. The topological polar surface area (TPSA) is 146 Å². The number of benzene rings is 2. The van der Waals surface area contributed by atoms with Gasteiger partial charge in [-0.1, -0.05) is 6.07 Å². The Bertz CT molecular complexity index is 1380. The lowest BCUT2D eigenvalue weighted by Crippen LogP contribution is -2.48. The van der Waals surface area contributed by atoms with E-state index in [9.17, 15) is 19.2 Å². The van der Waals surface area contributed by atoms with E-state index in [2.05, 4.69) is 10.6 Å². The highest BCUT2D eigenvalue weighted by molar-refractivity contribution is 6.04. The summed E-state index contributed by atoms with van der Waals surface area (Å²) in [5, 5.41) is 5.46. The first-order valence-corrected chi connectivity index (χ1v) is 13.3. The summed E-state index contributed by atoms with van der Waals surface area (Å²) >= 11 is 0. The molecule has 0 bridgehead atoms. The van der Waals surface area contributed by atoms with Gasteiger partial charge in [0.15, 0.2) is 17.3 Å². The van der Waals surface area contributed by atoms with E-state index in [1.165, 1.54) is 62.8 Å². The molecule has 2 atom stereocenters. The molecule has 3 aromatic rings. The maximum atomic E-state index is 13.9. The molecule has 222 valence electrons. The van der Waals surface area contributed by atoms with Crippen molar-refractivity contribution >= 4 is 29.4 Å². The number of rotatable bonds is 12. The Balaban J connectivity index is 1.74. The molecule has 42 heavy (non-hydrogen) atoms. The van der Waals surface area contributed by atoms with Crippen LogP contribution in [0.1, 0.15) is 45.4 Å². The zero-order valence-electron chi connectivity index (χ0n) is 23.6. The molecule has 0 radical (unpaired) electrons. The van der Waals surface area contributed by atoms with Gasteiger partial charge in [-0.2, -0.15) is 0 Å². The van der Waals surface area contributed by atoms with Crippen LogP contribution < -0.4 is 25.0 Å². The number of hydrogen-bond donors (Lipinski definition) is 2. The van der Waals surface area contributed by atoms with Crippen molar-refractivity contribution in [2.24, 2.45) is 0 Å². The van der Waals surface area contributed by atoms with Crippen LogP contribution >= 0.6 is 0 Å². The van der Waals surface area contributed by atoms with E-state index in [0.717, 1.165) is 12.8 Å². The number of ether oxygens (including phenoxy) is 4. The van der Waals surface area contributed by atoms with Crippen molar-refractivity contribution in [3.63, 3.8) is 0 Å². The summed E-state index contributed by atoms with van der Waals surface area (Å²) in [5.74, 6) is -1.43. The summed E-state index contributed by atoms with van der Waals surface area (Å²) in [6.07, 6.45) is 2.90. The van der Waals surface area contributed by atoms with Crippen molar-refractivity contribution in [3.8, 4) is 11.5 Å². The van der Waals surface area contributed by atoms with Crippen molar-refractivity contribution in [2.75, 3.05) is 45.9 Å². The van der Waals surface area contributed by atoms with Crippen LogP contribution in [0.15, 0.2) is 65.3 Å². The van der Waals surface area contributed by atoms with E-state index >= 15 is 0 Å². The lowest BCUT2D eigenvalue weighted by molar-refractivity contribution is -0.126. The van der Waals surface area contributed by atoms with Gasteiger partial charge in [0.2, 0.25) is 11.8 Å². The average molecular weight is 580 g/mol. The minimum Gasteiger partial charge on any atom is -0.493 e. The van der Waals surface area contributed by atoms with Crippen LogP contribution in [0.3, 0.4) is 0 Å². The molecule has 2 N–H and O–H groups in total. The SMILES string of the molecule is COC(=O)c1ccc(N(C(=O)CNC(=O)c2ccco2)[C@@H](C(=O)NC[C@@H]2CCCO2)c2ccc(OC)c(OC)c2)cc1. The van der Waals surface area contributed by atoms with E-state index in [-0.39, 0.29) is 24.0 Å². The smallest absolute Gasteiger partial charge is 0.337 e. The predicted molar refractivity (Wildman–Crippen MR) is 151 cm³/mol. The van der Waals surface area contributed by atoms with Crippen LogP contribution in [0.2, 0.25) is 0 Å². The summed E-state index contributed by atoms with van der Waals surface area (Å²) in [4.78, 5) is 53.7. The van der Waals surface area contributed by atoms with Crippen molar-refractivity contribution in [3.05, 3.63) is 77.7 Å². The van der Waals surface area contributed by atoms with Gasteiger partial charge in [-0.25, -0.2) is 4.79 Å². The molecule has 1 fully saturated rings. The molecule has 0 aliphatic carbocycles. The molecule has 2 heterocycles. The Labute approximate surface area is 242 Å². The molecule has 3 amide bonds. The lowest BCUT2D eigenvalue weighted by Gasteiger charge is -2.32. The summed E-state index contributed by atoms with van der Waals surface area (Å²) in [6, 6.07) is 12.7. The molecule has 0 spiro atoms. The maximum Gasteiger partial charge on any atom is 0.337 e. The third-order valence-electron chi connectivity index (χ3n) is 6.74. The average Bonchev–Trinajstić information content (AvgIpc) is 3.76. The van der Waals surface area contributed by atoms with Gasteiger partial charge in [0.1, 0.15) is 6.04 Å². The molecule has 1 aromatic heterocycles. The molecule has 12 nitrogen and oxygen atoms in total. The van der Waals surface area contributed by atoms with E-state index in [4.69, 9.17) is 23.4 Å². The van der Waals surface area contributed by atoms with E-state index in [0.29, 0.717) is 29.4 Å². The van der Waals surface area contributed by atoms with Crippen molar-refractivity contribution in [1.29, 1.82) is 0 Å². The van der Waals surface area contributed by atoms with Gasteiger partial charge >= 0.3 is 5.97 Å². The van der Waals surface area contributed by atoms with Gasteiger partial charge in [-0.3, -0.25) is 19.3 Å². The number of methoxy groups -OCH3 is 3. The highest BCUT2D eigenvalue weighted by Gasteiger charge is 2.34. The van der Waals surface area contributed by atoms with Crippen LogP contribution in [-0.4, -0.2) is 70.8 Å². The fourth-order valence-electron chi connectivity index (χ4n) is 4.61. The number of nitrogens with zero attached hydrogens (tertiary/aromatic N) is 1. The number of nitrogens with one attached hydrogen (secondary N) is 2. The van der Waals surface area contributed by atoms with Crippen molar-refractivity contribution in [2.45, 2.75) is 25.0 Å². The van der Waals surface area contributed by atoms with Gasteiger partial charge in [0.25, 0.3) is 5.91 Å². The summed E-state index contributed by atoms with van der Waals surface area (Å²) in [6.45, 7) is 0.411. The predicted octanol–water partition coefficient (Wildman–Crippen LogP) is 2.88. The van der Waals surface area contributed by atoms with E-state index in [1.807, 2.05) is 0 Å². The van der Waals surface area contributed by atoms with Gasteiger partial charge in [0, 0.05) is 18.8 Å². The third kappa shape index (κ3) is 7.07. The molecule has 2 aromatic carbocycles. The number of amides is 3. The largest absolute Gasteiger partial charge is 0.493 e. The highest BCUT2D eigenvalue weighted by Crippen LogP contribution is 2.34. The van der Waals surface area contributed by atoms with E-state index < -0.39 is 36.3 Å². The van der Waals surface area contributed by atoms with Crippen molar-refractivity contribution < 1.29 is 42.5 Å². The first-order valence-electron chi connectivity index (χ1n) is 13.3. The fraction of sp³-hybridized carbons (Fsp3) is 0.333. The number of hydrogen-bond acceptors (Lipinski definition) is 9. The second-order valence-electron chi connectivity index (χ2n) is 9.36. The molecular formula is C30H33N3O9. The van der Waals surface area contributed by atoms with Crippen LogP contribution in [0.25, 0.3) is 0 Å². The first kappa shape index (κ1) is 30.1. The maximum absolute atomic E-state index is 13.9. The first-order chi connectivity index (χ1) is 20.4. The third-order valence-corrected chi connectivity index (χ3v) is 6.74. The van der Waals surface area contributed by atoms with E-state index in [1.54, 1.807) is 24.3 Å². The zero-order chi connectivity index (χ0) is 30.1. The molecule has 0 unspecified atom stereocenters. The molecular weight excluding hydrogens is 546 g/mol. The Kier molecular flexibility index (Phi) is 10.2. The summed E-state index contributed by atoms with van der Waals surface area (Å²) in [5.41, 5.74) is 0.970. The summed E-state index contributed by atoms with van der Waals surface area (Å²) in [7, 11) is 4.22. The Hall–Kier alpha value is -4.84. The lowest BCUT2D eigenvalue weighted by atomic mass is 10.0. The zero-order valence-corrected chi connectivity index (χ0v) is 23.6. The number of esters is 1. The van der Waals surface area contributed by atoms with Gasteiger partial charge in [0.05, 0.1) is 45.8 Å². The summed E-state index contributed by atoms with van der Waals surface area (Å²) < 4.78 is 26.4. The Morgan fingerprint density at radius 3 is 2.36 bits per heavy atom. The van der Waals surface area contributed by atoms with Crippen LogP contribution in [0.5, 0.6) is 11.5 Å². The molecule has 0 saturated carbocycles.